The predicted octanol–water partition coefficient (Wildman–Crippen LogP) is 1.35. The summed E-state index contributed by atoms with van der Waals surface area (Å²) in [7, 11) is 0. The topological polar surface area (TPSA) is 64.4 Å². The number of ether oxygens (including phenoxy) is 1. The maximum Gasteiger partial charge on any atom is 0.243 e. The van der Waals surface area contributed by atoms with Crippen LogP contribution in [0.25, 0.3) is 0 Å². The fraction of sp³-hybridized carbons (Fsp3) is 0.583. The Morgan fingerprint density at radius 3 is 2.94 bits per heavy atom. The van der Waals surface area contributed by atoms with E-state index in [0.29, 0.717) is 19.6 Å². The van der Waals surface area contributed by atoms with Crippen LogP contribution in [0.5, 0.6) is 0 Å². The molecule has 2 rings (SSSR count). The van der Waals surface area contributed by atoms with Crippen molar-refractivity contribution in [3.8, 4) is 0 Å². The molecular formula is C12H18N2O2S. The van der Waals surface area contributed by atoms with Gasteiger partial charge in [-0.1, -0.05) is 0 Å². The molecule has 0 aliphatic carbocycles. The van der Waals surface area contributed by atoms with Gasteiger partial charge in [0.05, 0.1) is 12.6 Å². The van der Waals surface area contributed by atoms with Gasteiger partial charge in [-0.2, -0.15) is 0 Å². The molecule has 1 aliphatic rings. The van der Waals surface area contributed by atoms with Crippen molar-refractivity contribution in [2.45, 2.75) is 31.8 Å². The molecule has 2 heterocycles. The highest BCUT2D eigenvalue weighted by atomic mass is 32.1. The Labute approximate surface area is 105 Å². The first-order valence-corrected chi connectivity index (χ1v) is 6.57. The van der Waals surface area contributed by atoms with Gasteiger partial charge in [0.2, 0.25) is 5.91 Å². The predicted molar refractivity (Wildman–Crippen MR) is 68.0 cm³/mol. The quantitative estimate of drug-likeness (QED) is 0.856. The molecule has 4 nitrogen and oxygen atoms in total. The lowest BCUT2D eigenvalue weighted by atomic mass is 9.99. The van der Waals surface area contributed by atoms with Gasteiger partial charge in [0.15, 0.2) is 0 Å². The zero-order valence-electron chi connectivity index (χ0n) is 10.2. The number of thiophene rings is 1. The molecule has 0 saturated carbocycles. The second-order valence-corrected chi connectivity index (χ2v) is 5.92. The summed E-state index contributed by atoms with van der Waals surface area (Å²) in [5.41, 5.74) is 5.15. The standard InChI is InChI=1S/C12H18N2O2S/c1-8-3-4-10(17-8)9(2)14-11(15)12(13)5-6-16-7-12/h3-4,9H,5-7,13H2,1-2H3,(H,14,15). The van der Waals surface area contributed by atoms with Crippen LogP contribution in [0, 0.1) is 6.92 Å². The Bertz CT molecular complexity index is 410. The van der Waals surface area contributed by atoms with E-state index in [1.807, 2.05) is 13.0 Å². The summed E-state index contributed by atoms with van der Waals surface area (Å²) in [6, 6.07) is 4.10. The van der Waals surface area contributed by atoms with Crippen molar-refractivity contribution in [2.75, 3.05) is 13.2 Å². The van der Waals surface area contributed by atoms with Crippen LogP contribution in [0.4, 0.5) is 0 Å². The molecule has 1 aromatic rings. The highest BCUT2D eigenvalue weighted by Gasteiger charge is 2.38. The number of rotatable bonds is 3. The minimum absolute atomic E-state index is 0.00206. The van der Waals surface area contributed by atoms with Crippen molar-refractivity contribution in [3.05, 3.63) is 21.9 Å². The summed E-state index contributed by atoms with van der Waals surface area (Å²) in [6.07, 6.45) is 0.592. The van der Waals surface area contributed by atoms with Crippen molar-refractivity contribution in [1.29, 1.82) is 0 Å². The van der Waals surface area contributed by atoms with E-state index in [1.165, 1.54) is 4.88 Å². The van der Waals surface area contributed by atoms with E-state index < -0.39 is 5.54 Å². The van der Waals surface area contributed by atoms with Gasteiger partial charge in [-0.3, -0.25) is 4.79 Å². The van der Waals surface area contributed by atoms with Gasteiger partial charge in [0.25, 0.3) is 0 Å². The van der Waals surface area contributed by atoms with E-state index in [9.17, 15) is 4.79 Å². The van der Waals surface area contributed by atoms with Crippen molar-refractivity contribution >= 4 is 17.2 Å². The molecule has 17 heavy (non-hydrogen) atoms. The number of nitrogens with two attached hydrogens (primary N) is 1. The number of amides is 1. The van der Waals surface area contributed by atoms with Gasteiger partial charge < -0.3 is 15.8 Å². The minimum Gasteiger partial charge on any atom is -0.379 e. The smallest absolute Gasteiger partial charge is 0.243 e. The van der Waals surface area contributed by atoms with Gasteiger partial charge in [-0.25, -0.2) is 0 Å². The maximum atomic E-state index is 12.0. The summed E-state index contributed by atoms with van der Waals surface area (Å²) in [6.45, 7) is 4.91. The van der Waals surface area contributed by atoms with Crippen molar-refractivity contribution in [1.82, 2.24) is 5.32 Å². The molecule has 0 aromatic carbocycles. The summed E-state index contributed by atoms with van der Waals surface area (Å²) < 4.78 is 5.19. The van der Waals surface area contributed by atoms with E-state index in [2.05, 4.69) is 18.3 Å². The number of carbonyl (C=O) groups is 1. The fourth-order valence-corrected chi connectivity index (χ4v) is 2.74. The highest BCUT2D eigenvalue weighted by molar-refractivity contribution is 7.12. The molecular weight excluding hydrogens is 236 g/mol. The molecule has 0 bridgehead atoms. The first kappa shape index (κ1) is 12.5. The zero-order valence-corrected chi connectivity index (χ0v) is 11.0. The summed E-state index contributed by atoms with van der Waals surface area (Å²) in [5.74, 6) is -0.117. The molecule has 94 valence electrons. The van der Waals surface area contributed by atoms with Crippen LogP contribution in [-0.2, 0) is 9.53 Å². The Kier molecular flexibility index (Phi) is 3.51. The van der Waals surface area contributed by atoms with E-state index in [4.69, 9.17) is 10.5 Å². The normalized spacial score (nSPS) is 25.8. The third-order valence-electron chi connectivity index (χ3n) is 3.04. The molecule has 5 heteroatoms. The zero-order chi connectivity index (χ0) is 12.5. The largest absolute Gasteiger partial charge is 0.379 e. The molecule has 2 unspecified atom stereocenters. The summed E-state index contributed by atoms with van der Waals surface area (Å²) in [5, 5.41) is 2.96. The Hall–Kier alpha value is -0.910. The van der Waals surface area contributed by atoms with Crippen LogP contribution < -0.4 is 11.1 Å². The van der Waals surface area contributed by atoms with Crippen LogP contribution in [0.1, 0.15) is 29.1 Å². The van der Waals surface area contributed by atoms with Gasteiger partial charge in [-0.15, -0.1) is 11.3 Å². The van der Waals surface area contributed by atoms with Gasteiger partial charge in [0, 0.05) is 16.4 Å². The average Bonchev–Trinajstić information content (AvgIpc) is 2.88. The van der Waals surface area contributed by atoms with E-state index in [0.717, 1.165) is 4.88 Å². The maximum absolute atomic E-state index is 12.0. The van der Waals surface area contributed by atoms with E-state index in [-0.39, 0.29) is 11.9 Å². The molecule has 0 spiro atoms. The van der Waals surface area contributed by atoms with Crippen LogP contribution >= 0.6 is 11.3 Å². The van der Waals surface area contributed by atoms with Gasteiger partial charge in [0.1, 0.15) is 5.54 Å². The Morgan fingerprint density at radius 2 is 2.41 bits per heavy atom. The van der Waals surface area contributed by atoms with Crippen LogP contribution in [0.2, 0.25) is 0 Å². The molecule has 2 atom stereocenters. The summed E-state index contributed by atoms with van der Waals surface area (Å²) >= 11 is 1.69. The Balaban J connectivity index is 1.99. The van der Waals surface area contributed by atoms with E-state index >= 15 is 0 Å². The van der Waals surface area contributed by atoms with Gasteiger partial charge >= 0.3 is 0 Å². The van der Waals surface area contributed by atoms with Crippen molar-refractivity contribution in [3.63, 3.8) is 0 Å². The molecule has 0 radical (unpaired) electrons. The van der Waals surface area contributed by atoms with Crippen molar-refractivity contribution in [2.24, 2.45) is 5.73 Å². The Morgan fingerprint density at radius 1 is 1.65 bits per heavy atom. The first-order valence-electron chi connectivity index (χ1n) is 5.75. The molecule has 1 fully saturated rings. The second-order valence-electron chi connectivity index (χ2n) is 4.60. The fourth-order valence-electron chi connectivity index (χ4n) is 1.86. The SMILES string of the molecule is Cc1ccc(C(C)NC(=O)C2(N)CCOC2)s1. The number of nitrogens with one attached hydrogen (secondary N) is 1. The molecule has 3 N–H and O–H groups in total. The average molecular weight is 254 g/mol. The minimum atomic E-state index is -0.847. The van der Waals surface area contributed by atoms with Crippen LogP contribution in [0.3, 0.4) is 0 Å². The van der Waals surface area contributed by atoms with Crippen LogP contribution in [-0.4, -0.2) is 24.7 Å². The lowest BCUT2D eigenvalue weighted by Gasteiger charge is -2.23. The summed E-state index contributed by atoms with van der Waals surface area (Å²) in [4.78, 5) is 14.4. The third kappa shape index (κ3) is 2.68. The molecule has 1 aromatic heterocycles. The second kappa shape index (κ2) is 4.76. The molecule has 1 amide bonds. The lowest BCUT2D eigenvalue weighted by Crippen LogP contribution is -2.54. The molecule has 1 aliphatic heterocycles. The number of aryl methyl sites for hydroxylation is 1. The van der Waals surface area contributed by atoms with Crippen LogP contribution in [0.15, 0.2) is 12.1 Å². The third-order valence-corrected chi connectivity index (χ3v) is 4.22. The van der Waals surface area contributed by atoms with Crippen molar-refractivity contribution < 1.29 is 9.53 Å². The number of hydrogen-bond acceptors (Lipinski definition) is 4. The highest BCUT2D eigenvalue weighted by Crippen LogP contribution is 2.23. The number of carbonyl (C=O) groups excluding carboxylic acids is 1. The monoisotopic (exact) mass is 254 g/mol. The van der Waals surface area contributed by atoms with Gasteiger partial charge in [-0.05, 0) is 32.4 Å². The van der Waals surface area contributed by atoms with E-state index in [1.54, 1.807) is 11.3 Å². The lowest BCUT2D eigenvalue weighted by molar-refractivity contribution is -0.127. The number of hydrogen-bond donors (Lipinski definition) is 2. The molecule has 1 saturated heterocycles. The first-order chi connectivity index (χ1) is 8.01.